The van der Waals surface area contributed by atoms with E-state index in [1.807, 2.05) is 42.7 Å². The van der Waals surface area contributed by atoms with Crippen LogP contribution in [0.15, 0.2) is 173 Å². The van der Waals surface area contributed by atoms with Gasteiger partial charge in [0.25, 0.3) is 0 Å². The molecule has 9 aromatic carbocycles. The van der Waals surface area contributed by atoms with Gasteiger partial charge in [0.15, 0.2) is 5.76 Å². The molecular weight excluding hydrogens is 691 g/mol. The molecule has 0 aliphatic heterocycles. The summed E-state index contributed by atoms with van der Waals surface area (Å²) in [6.45, 7) is 0. The standard InChI is InChI=1S/C50H29N3OS/c51-48(38-20-11-23-43-44(38)37-19-8-10-22-42(37)55-43)50-49(36-18-7-9-21-41(36)54-50)52-28-53-39-26-24-29-12-1-2-13-30(29)46(39)47-40(53)27-25-35-33-16-4-3-14-31(33)32-15-5-6-17-34(32)45(35)47/h1-28,51H/b51-48?,52-28+. The van der Waals surface area contributed by atoms with E-state index in [2.05, 4.69) is 132 Å². The number of hydrogen-bond acceptors (Lipinski definition) is 4. The summed E-state index contributed by atoms with van der Waals surface area (Å²) < 4.78 is 11.1. The highest BCUT2D eigenvalue weighted by Gasteiger charge is 2.23. The van der Waals surface area contributed by atoms with Crippen LogP contribution in [0, 0.1) is 5.41 Å². The minimum Gasteiger partial charge on any atom is -0.452 e. The maximum Gasteiger partial charge on any atom is 0.179 e. The lowest BCUT2D eigenvalue weighted by Gasteiger charge is -2.12. The van der Waals surface area contributed by atoms with Crippen LogP contribution in [-0.4, -0.2) is 16.6 Å². The lowest BCUT2D eigenvalue weighted by Crippen LogP contribution is -2.01. The van der Waals surface area contributed by atoms with Crippen LogP contribution in [0.3, 0.4) is 0 Å². The van der Waals surface area contributed by atoms with E-state index >= 15 is 0 Å². The van der Waals surface area contributed by atoms with Crippen molar-refractivity contribution in [1.82, 2.24) is 4.57 Å². The Hall–Kier alpha value is -7.08. The van der Waals surface area contributed by atoms with Crippen molar-refractivity contribution in [3.8, 4) is 0 Å². The zero-order valence-corrected chi connectivity index (χ0v) is 30.2. The van der Waals surface area contributed by atoms with E-state index in [1.165, 1.54) is 58.6 Å². The fraction of sp³-hybridized carbons (Fsp3) is 0. The van der Waals surface area contributed by atoms with Crippen LogP contribution < -0.4 is 0 Å². The summed E-state index contributed by atoms with van der Waals surface area (Å²) in [5, 5.41) is 25.1. The first-order chi connectivity index (χ1) is 27.2. The number of aromatic nitrogens is 1. The Morgan fingerprint density at radius 1 is 0.491 bits per heavy atom. The van der Waals surface area contributed by atoms with Crippen molar-refractivity contribution in [2.24, 2.45) is 4.99 Å². The second-order valence-corrected chi connectivity index (χ2v) is 15.3. The molecule has 0 saturated heterocycles. The van der Waals surface area contributed by atoms with Gasteiger partial charge in [-0.15, -0.1) is 11.3 Å². The first-order valence-electron chi connectivity index (χ1n) is 18.5. The molecule has 0 saturated carbocycles. The zero-order valence-electron chi connectivity index (χ0n) is 29.4. The van der Waals surface area contributed by atoms with Crippen LogP contribution in [-0.2, 0) is 0 Å². The van der Waals surface area contributed by atoms with Crippen LogP contribution in [0.1, 0.15) is 11.3 Å². The van der Waals surface area contributed by atoms with Gasteiger partial charge in [-0.3, -0.25) is 9.98 Å². The maximum atomic E-state index is 9.71. The molecule has 4 nitrogen and oxygen atoms in total. The Balaban J connectivity index is 1.15. The largest absolute Gasteiger partial charge is 0.452 e. The SMILES string of the molecule is N=C(c1oc2ccccc2c1/N=C/n1c2ccc3ccccc3c2c2c3c4ccccc4c4ccccc4c3ccc21)c1cccc2sc3ccccc3c12. The van der Waals surface area contributed by atoms with Crippen LogP contribution in [0.5, 0.6) is 0 Å². The average Bonchev–Trinajstić information content (AvgIpc) is 3.92. The van der Waals surface area contributed by atoms with Crippen molar-refractivity contribution in [2.45, 2.75) is 0 Å². The van der Waals surface area contributed by atoms with Gasteiger partial charge < -0.3 is 4.42 Å². The maximum absolute atomic E-state index is 9.71. The molecule has 0 atom stereocenters. The van der Waals surface area contributed by atoms with E-state index in [9.17, 15) is 5.41 Å². The third-order valence-electron chi connectivity index (χ3n) is 11.3. The third kappa shape index (κ3) is 4.27. The van der Waals surface area contributed by atoms with Crippen LogP contribution in [0.4, 0.5) is 5.69 Å². The van der Waals surface area contributed by atoms with Crippen molar-refractivity contribution in [3.63, 3.8) is 0 Å². The topological polar surface area (TPSA) is 54.3 Å². The number of furan rings is 1. The number of para-hydroxylation sites is 1. The Morgan fingerprint density at radius 3 is 1.91 bits per heavy atom. The molecule has 3 heterocycles. The fourth-order valence-electron chi connectivity index (χ4n) is 8.97. The van der Waals surface area contributed by atoms with Gasteiger partial charge in [-0.1, -0.05) is 127 Å². The summed E-state index contributed by atoms with van der Waals surface area (Å²) in [5.74, 6) is 0.453. The smallest absolute Gasteiger partial charge is 0.179 e. The fourth-order valence-corrected chi connectivity index (χ4v) is 10.1. The quantitative estimate of drug-likeness (QED) is 0.110. The normalized spacial score (nSPS) is 12.4. The second-order valence-electron chi connectivity index (χ2n) is 14.2. The lowest BCUT2D eigenvalue weighted by molar-refractivity contribution is 0.605. The number of nitrogens with one attached hydrogen (secondary N) is 1. The first kappa shape index (κ1) is 30.4. The van der Waals surface area contributed by atoms with Gasteiger partial charge in [-0.05, 0) is 74.1 Å². The summed E-state index contributed by atoms with van der Waals surface area (Å²) in [6.07, 6.45) is 1.93. The lowest BCUT2D eigenvalue weighted by atomic mass is 9.91. The summed E-state index contributed by atoms with van der Waals surface area (Å²) in [5.41, 5.74) is 4.64. The molecule has 3 aromatic heterocycles. The van der Waals surface area contributed by atoms with E-state index in [1.54, 1.807) is 11.3 Å². The number of aliphatic imine (C=N–C) groups is 1. The summed E-state index contributed by atoms with van der Waals surface area (Å²) in [7, 11) is 0. The van der Waals surface area contributed by atoms with E-state index in [-0.39, 0.29) is 0 Å². The predicted molar refractivity (Wildman–Crippen MR) is 234 cm³/mol. The molecule has 0 spiro atoms. The Labute approximate surface area is 318 Å². The average molecular weight is 720 g/mol. The molecule has 0 unspecified atom stereocenters. The zero-order chi connectivity index (χ0) is 36.2. The monoisotopic (exact) mass is 719 g/mol. The van der Waals surface area contributed by atoms with Crippen molar-refractivity contribution < 1.29 is 4.42 Å². The first-order valence-corrected chi connectivity index (χ1v) is 19.3. The van der Waals surface area contributed by atoms with Gasteiger partial charge in [-0.25, -0.2) is 4.99 Å². The number of nitrogens with zero attached hydrogens (tertiary/aromatic N) is 2. The van der Waals surface area contributed by atoms with Crippen molar-refractivity contribution in [3.05, 3.63) is 175 Å². The molecule has 0 fully saturated rings. The van der Waals surface area contributed by atoms with E-state index in [0.717, 1.165) is 37.5 Å². The third-order valence-corrected chi connectivity index (χ3v) is 12.5. The van der Waals surface area contributed by atoms with Crippen molar-refractivity contribution in [1.29, 1.82) is 5.41 Å². The highest BCUT2D eigenvalue weighted by Crippen LogP contribution is 2.45. The molecule has 0 bridgehead atoms. The molecule has 12 aromatic rings. The molecule has 12 rings (SSSR count). The molecule has 5 heteroatoms. The van der Waals surface area contributed by atoms with E-state index in [0.29, 0.717) is 22.7 Å². The van der Waals surface area contributed by atoms with Crippen LogP contribution >= 0.6 is 11.3 Å². The van der Waals surface area contributed by atoms with Gasteiger partial charge in [0, 0.05) is 47.3 Å². The van der Waals surface area contributed by atoms with Gasteiger partial charge in [-0.2, -0.15) is 0 Å². The molecular formula is C50H29N3OS. The summed E-state index contributed by atoms with van der Waals surface area (Å²) in [6, 6.07) is 57.7. The summed E-state index contributed by atoms with van der Waals surface area (Å²) >= 11 is 1.75. The van der Waals surface area contributed by atoms with Crippen LogP contribution in [0.25, 0.3) is 96.0 Å². The number of thiophene rings is 1. The molecule has 256 valence electrons. The van der Waals surface area contributed by atoms with E-state index in [4.69, 9.17) is 9.41 Å². The number of benzene rings is 9. The van der Waals surface area contributed by atoms with Gasteiger partial charge in [0.05, 0.1) is 11.0 Å². The molecule has 0 aliphatic rings. The molecule has 0 aliphatic carbocycles. The highest BCUT2D eigenvalue weighted by atomic mass is 32.1. The minimum absolute atomic E-state index is 0.315. The molecule has 55 heavy (non-hydrogen) atoms. The van der Waals surface area contributed by atoms with E-state index < -0.39 is 0 Å². The van der Waals surface area contributed by atoms with Crippen molar-refractivity contribution >= 4 is 125 Å². The molecule has 0 radical (unpaired) electrons. The van der Waals surface area contributed by atoms with Gasteiger partial charge in [0.2, 0.25) is 0 Å². The Bertz CT molecular complexity index is 3600. The second kappa shape index (κ2) is 11.5. The number of fused-ring (bicyclic) bond motifs is 16. The minimum atomic E-state index is 0.315. The number of rotatable bonds is 4. The predicted octanol–water partition coefficient (Wildman–Crippen LogP) is 14.1. The highest BCUT2D eigenvalue weighted by molar-refractivity contribution is 7.25. The Kier molecular flexibility index (Phi) is 6.33. The summed E-state index contributed by atoms with van der Waals surface area (Å²) in [4.78, 5) is 5.29. The van der Waals surface area contributed by atoms with Gasteiger partial charge >= 0.3 is 0 Å². The Morgan fingerprint density at radius 2 is 1.09 bits per heavy atom. The van der Waals surface area contributed by atoms with Crippen molar-refractivity contribution in [2.75, 3.05) is 0 Å². The van der Waals surface area contributed by atoms with Gasteiger partial charge in [0.1, 0.15) is 23.3 Å². The molecule has 1 N–H and O–H groups in total. The molecule has 0 amide bonds. The van der Waals surface area contributed by atoms with Crippen LogP contribution in [0.2, 0.25) is 0 Å². The number of hydrogen-bond donors (Lipinski definition) is 1.